The van der Waals surface area contributed by atoms with E-state index in [0.29, 0.717) is 10.6 Å². The summed E-state index contributed by atoms with van der Waals surface area (Å²) in [6.07, 6.45) is 0. The van der Waals surface area contributed by atoms with Crippen molar-refractivity contribution in [3.05, 3.63) is 34.9 Å². The summed E-state index contributed by atoms with van der Waals surface area (Å²) in [6.45, 7) is -0.241. The Morgan fingerprint density at radius 2 is 1.75 bits per heavy atom. The van der Waals surface area contributed by atoms with Gasteiger partial charge in [0.15, 0.2) is 0 Å². The van der Waals surface area contributed by atoms with Crippen molar-refractivity contribution in [1.29, 1.82) is 0 Å². The van der Waals surface area contributed by atoms with E-state index in [1.54, 1.807) is 12.1 Å². The molecule has 1 aromatic carbocycles. The largest absolute Gasteiger partial charge is 0.361 e. The minimum atomic E-state index is -1.95. The highest BCUT2D eigenvalue weighted by atomic mass is 35.5. The second-order valence-corrected chi connectivity index (χ2v) is 2.96. The van der Waals surface area contributed by atoms with Gasteiger partial charge in [0, 0.05) is 10.6 Å². The van der Waals surface area contributed by atoms with Crippen molar-refractivity contribution in [3.63, 3.8) is 0 Å². The lowest BCUT2D eigenvalue weighted by Crippen LogP contribution is -2.34. The molecule has 0 atom stereocenters. The molecule has 0 amide bonds. The van der Waals surface area contributed by atoms with Crippen LogP contribution in [0, 0.1) is 0 Å². The molecule has 66 valence electrons. The van der Waals surface area contributed by atoms with Gasteiger partial charge >= 0.3 is 0 Å². The molecule has 3 nitrogen and oxygen atoms in total. The zero-order chi connectivity index (χ0) is 9.19. The van der Waals surface area contributed by atoms with Crippen LogP contribution in [0.2, 0.25) is 5.02 Å². The van der Waals surface area contributed by atoms with E-state index in [1.807, 2.05) is 0 Å². The molecule has 0 heterocycles. The fraction of sp³-hybridized carbons (Fsp3) is 0.250. The predicted molar refractivity (Wildman–Crippen MR) is 46.6 cm³/mol. The molecule has 0 aliphatic rings. The Bertz CT molecular complexity index is 258. The summed E-state index contributed by atoms with van der Waals surface area (Å²) in [7, 11) is 0. The maximum absolute atomic E-state index is 9.27. The highest BCUT2D eigenvalue weighted by Gasteiger charge is 2.22. The molecule has 0 bridgehead atoms. The summed E-state index contributed by atoms with van der Waals surface area (Å²) in [6, 6.07) is 6.20. The Hall–Kier alpha value is -0.610. The van der Waals surface area contributed by atoms with Crippen molar-refractivity contribution < 1.29 is 10.2 Å². The van der Waals surface area contributed by atoms with Gasteiger partial charge in [0.05, 0.1) is 6.54 Å². The molecular formula is C8H10ClNO2. The Morgan fingerprint density at radius 3 is 2.17 bits per heavy atom. The molecule has 0 radical (unpaired) electrons. The van der Waals surface area contributed by atoms with E-state index in [2.05, 4.69) is 0 Å². The lowest BCUT2D eigenvalue weighted by molar-refractivity contribution is -0.160. The fourth-order valence-electron chi connectivity index (χ4n) is 0.835. The molecule has 0 fully saturated rings. The Balaban J connectivity index is 2.96. The van der Waals surface area contributed by atoms with E-state index in [9.17, 15) is 10.2 Å². The zero-order valence-corrected chi connectivity index (χ0v) is 7.12. The van der Waals surface area contributed by atoms with Crippen molar-refractivity contribution in [2.45, 2.75) is 5.79 Å². The molecule has 0 aliphatic carbocycles. The smallest absolute Gasteiger partial charge is 0.202 e. The lowest BCUT2D eigenvalue weighted by Gasteiger charge is -2.19. The molecule has 0 spiro atoms. The van der Waals surface area contributed by atoms with E-state index in [1.165, 1.54) is 12.1 Å². The zero-order valence-electron chi connectivity index (χ0n) is 6.37. The van der Waals surface area contributed by atoms with E-state index in [-0.39, 0.29) is 6.54 Å². The van der Waals surface area contributed by atoms with E-state index < -0.39 is 5.79 Å². The van der Waals surface area contributed by atoms with Gasteiger partial charge in [-0.1, -0.05) is 23.7 Å². The third kappa shape index (κ3) is 1.95. The number of halogens is 1. The molecule has 0 saturated heterocycles. The van der Waals surface area contributed by atoms with Gasteiger partial charge in [-0.15, -0.1) is 0 Å². The normalized spacial score (nSPS) is 11.7. The van der Waals surface area contributed by atoms with Crippen LogP contribution in [-0.4, -0.2) is 16.8 Å². The SMILES string of the molecule is NCC(O)(O)c1ccc(Cl)cc1. The summed E-state index contributed by atoms with van der Waals surface area (Å²) >= 11 is 5.61. The summed E-state index contributed by atoms with van der Waals surface area (Å²) in [4.78, 5) is 0. The average molecular weight is 188 g/mol. The third-order valence-corrected chi connectivity index (χ3v) is 1.84. The first-order valence-corrected chi connectivity index (χ1v) is 3.85. The van der Waals surface area contributed by atoms with Crippen molar-refractivity contribution in [2.75, 3.05) is 6.54 Å². The first kappa shape index (κ1) is 9.48. The van der Waals surface area contributed by atoms with Gasteiger partial charge < -0.3 is 15.9 Å². The first-order chi connectivity index (χ1) is 5.56. The summed E-state index contributed by atoms with van der Waals surface area (Å²) < 4.78 is 0. The van der Waals surface area contributed by atoms with Gasteiger partial charge in [-0.3, -0.25) is 0 Å². The van der Waals surface area contributed by atoms with Crippen LogP contribution in [0.4, 0.5) is 0 Å². The molecule has 4 N–H and O–H groups in total. The van der Waals surface area contributed by atoms with Gasteiger partial charge in [-0.25, -0.2) is 0 Å². The quantitative estimate of drug-likeness (QED) is 0.589. The first-order valence-electron chi connectivity index (χ1n) is 3.47. The van der Waals surface area contributed by atoms with Gasteiger partial charge in [0.2, 0.25) is 5.79 Å². The van der Waals surface area contributed by atoms with Crippen LogP contribution in [0.3, 0.4) is 0 Å². The van der Waals surface area contributed by atoms with Gasteiger partial charge in [0.1, 0.15) is 0 Å². The third-order valence-electron chi connectivity index (χ3n) is 1.59. The molecule has 1 rings (SSSR count). The van der Waals surface area contributed by atoms with Crippen molar-refractivity contribution in [1.82, 2.24) is 0 Å². The second kappa shape index (κ2) is 3.41. The summed E-state index contributed by atoms with van der Waals surface area (Å²) in [5.74, 6) is -1.95. The highest BCUT2D eigenvalue weighted by molar-refractivity contribution is 6.30. The van der Waals surface area contributed by atoms with Crippen LogP contribution in [0.25, 0.3) is 0 Å². The Labute approximate surface area is 75.4 Å². The predicted octanol–water partition coefficient (Wildman–Crippen LogP) is 0.436. The second-order valence-electron chi connectivity index (χ2n) is 2.53. The van der Waals surface area contributed by atoms with Gasteiger partial charge in [0.25, 0.3) is 0 Å². The number of hydrogen-bond acceptors (Lipinski definition) is 3. The molecule has 4 heteroatoms. The van der Waals surface area contributed by atoms with E-state index >= 15 is 0 Å². The maximum Gasteiger partial charge on any atom is 0.202 e. The van der Waals surface area contributed by atoms with Gasteiger partial charge in [-0.05, 0) is 12.1 Å². The fourth-order valence-corrected chi connectivity index (χ4v) is 0.961. The molecule has 0 saturated carbocycles. The van der Waals surface area contributed by atoms with Crippen LogP contribution in [0.5, 0.6) is 0 Å². The molecule has 0 aliphatic heterocycles. The number of benzene rings is 1. The Morgan fingerprint density at radius 1 is 1.25 bits per heavy atom. The van der Waals surface area contributed by atoms with Crippen LogP contribution in [-0.2, 0) is 5.79 Å². The maximum atomic E-state index is 9.27. The highest BCUT2D eigenvalue weighted by Crippen LogP contribution is 2.18. The van der Waals surface area contributed by atoms with E-state index in [0.717, 1.165) is 0 Å². The number of rotatable bonds is 2. The van der Waals surface area contributed by atoms with Crippen LogP contribution in [0.1, 0.15) is 5.56 Å². The standard InChI is InChI=1S/C8H10ClNO2/c9-7-3-1-6(2-4-7)8(11,12)5-10/h1-4,11-12H,5,10H2. The molecule has 0 aromatic heterocycles. The monoisotopic (exact) mass is 187 g/mol. The van der Waals surface area contributed by atoms with Crippen molar-refractivity contribution in [3.8, 4) is 0 Å². The lowest BCUT2D eigenvalue weighted by atomic mass is 10.1. The summed E-state index contributed by atoms with van der Waals surface area (Å²) in [5.41, 5.74) is 5.49. The molecule has 12 heavy (non-hydrogen) atoms. The van der Waals surface area contributed by atoms with Gasteiger partial charge in [-0.2, -0.15) is 0 Å². The molecule has 1 aromatic rings. The van der Waals surface area contributed by atoms with Crippen LogP contribution < -0.4 is 5.73 Å². The topological polar surface area (TPSA) is 66.5 Å². The number of aliphatic hydroxyl groups is 2. The van der Waals surface area contributed by atoms with E-state index in [4.69, 9.17) is 17.3 Å². The molecular weight excluding hydrogens is 178 g/mol. The number of nitrogens with two attached hydrogens (primary N) is 1. The van der Waals surface area contributed by atoms with Crippen molar-refractivity contribution in [2.24, 2.45) is 5.73 Å². The van der Waals surface area contributed by atoms with Crippen LogP contribution in [0.15, 0.2) is 24.3 Å². The molecule has 0 unspecified atom stereocenters. The minimum absolute atomic E-state index is 0.241. The summed E-state index contributed by atoms with van der Waals surface area (Å²) in [5, 5.41) is 19.1. The van der Waals surface area contributed by atoms with Crippen LogP contribution >= 0.6 is 11.6 Å². The average Bonchev–Trinajstić information content (AvgIpc) is 2.05. The van der Waals surface area contributed by atoms with Crippen molar-refractivity contribution >= 4 is 11.6 Å². The Kier molecular flexibility index (Phi) is 2.69. The number of hydrogen-bond donors (Lipinski definition) is 3. The minimum Gasteiger partial charge on any atom is -0.361 e.